The van der Waals surface area contributed by atoms with Gasteiger partial charge in [0, 0.05) is 56.6 Å². The fourth-order valence-corrected chi connectivity index (χ4v) is 4.48. The molecule has 11 nitrogen and oxygen atoms in total. The highest BCUT2D eigenvalue weighted by atomic mass is 16.4. The average Bonchev–Trinajstić information content (AvgIpc) is 2.78. The zero-order chi connectivity index (χ0) is 24.1. The molecule has 2 aromatic heterocycles. The van der Waals surface area contributed by atoms with Crippen LogP contribution in [-0.2, 0) is 9.59 Å². The Morgan fingerprint density at radius 2 is 2.00 bits per heavy atom. The SMILES string of the molecule is CC(=O)O.C[C@@H](N)C(=O)N1C[C@H]2C[C@@H](C1)[C@H](CNC(=O)c1cnccn1)n1c2cccc1=O. The topological polar surface area (TPSA) is 161 Å². The first-order valence-electron chi connectivity index (χ1n) is 10.7. The van der Waals surface area contributed by atoms with E-state index in [1.807, 2.05) is 6.07 Å². The lowest BCUT2D eigenvalue weighted by Crippen LogP contribution is -2.55. The number of hydrogen-bond acceptors (Lipinski definition) is 7. The quantitative estimate of drug-likeness (QED) is 0.579. The van der Waals surface area contributed by atoms with Gasteiger partial charge in [-0.1, -0.05) is 6.07 Å². The summed E-state index contributed by atoms with van der Waals surface area (Å²) in [6, 6.07) is 4.39. The van der Waals surface area contributed by atoms with Gasteiger partial charge in [-0.05, 0) is 25.3 Å². The van der Waals surface area contributed by atoms with E-state index in [-0.39, 0.29) is 47.5 Å². The van der Waals surface area contributed by atoms with Crippen LogP contribution in [0.2, 0.25) is 0 Å². The smallest absolute Gasteiger partial charge is 0.300 e. The van der Waals surface area contributed by atoms with E-state index in [2.05, 4.69) is 15.3 Å². The summed E-state index contributed by atoms with van der Waals surface area (Å²) < 4.78 is 1.78. The number of amides is 2. The zero-order valence-corrected chi connectivity index (χ0v) is 18.5. The monoisotopic (exact) mass is 456 g/mol. The molecule has 0 saturated carbocycles. The van der Waals surface area contributed by atoms with Gasteiger partial charge in [0.2, 0.25) is 5.91 Å². The van der Waals surface area contributed by atoms with Crippen LogP contribution in [0.5, 0.6) is 0 Å². The van der Waals surface area contributed by atoms with Crippen molar-refractivity contribution in [2.75, 3.05) is 19.6 Å². The van der Waals surface area contributed by atoms with E-state index >= 15 is 0 Å². The maximum atomic E-state index is 12.7. The minimum absolute atomic E-state index is 0.0474. The second kappa shape index (κ2) is 10.3. The Labute approximate surface area is 190 Å². The summed E-state index contributed by atoms with van der Waals surface area (Å²) in [5, 5.41) is 10.3. The second-order valence-corrected chi connectivity index (χ2v) is 8.27. The van der Waals surface area contributed by atoms with Crippen LogP contribution in [0.4, 0.5) is 0 Å². The molecule has 2 aliphatic rings. The number of aliphatic carboxylic acids is 1. The molecule has 0 spiro atoms. The number of carboxylic acid groups (broad SMARTS) is 1. The van der Waals surface area contributed by atoms with Crippen LogP contribution >= 0.6 is 0 Å². The molecule has 1 saturated heterocycles. The van der Waals surface area contributed by atoms with Gasteiger partial charge in [0.15, 0.2) is 0 Å². The van der Waals surface area contributed by atoms with Gasteiger partial charge >= 0.3 is 0 Å². The number of nitrogens with zero attached hydrogens (tertiary/aromatic N) is 4. The van der Waals surface area contributed by atoms with E-state index in [4.69, 9.17) is 15.6 Å². The summed E-state index contributed by atoms with van der Waals surface area (Å²) in [4.78, 5) is 56.3. The van der Waals surface area contributed by atoms with Gasteiger partial charge in [-0.15, -0.1) is 0 Å². The number of fused-ring (bicyclic) bond motifs is 4. The van der Waals surface area contributed by atoms with Gasteiger partial charge in [0.1, 0.15) is 5.69 Å². The van der Waals surface area contributed by atoms with Crippen LogP contribution in [0.15, 0.2) is 41.6 Å². The van der Waals surface area contributed by atoms with Crippen molar-refractivity contribution < 1.29 is 19.5 Å². The van der Waals surface area contributed by atoms with E-state index in [1.165, 1.54) is 24.7 Å². The molecule has 0 radical (unpaired) electrons. The third kappa shape index (κ3) is 5.61. The molecule has 33 heavy (non-hydrogen) atoms. The number of aromatic nitrogens is 3. The Balaban J connectivity index is 0.000000709. The summed E-state index contributed by atoms with van der Waals surface area (Å²) in [6.45, 7) is 4.11. The lowest BCUT2D eigenvalue weighted by molar-refractivity contribution is -0.135. The predicted molar refractivity (Wildman–Crippen MR) is 118 cm³/mol. The molecule has 2 aromatic rings. The predicted octanol–water partition coefficient (Wildman–Crippen LogP) is -0.00680. The molecule has 176 valence electrons. The molecule has 11 heteroatoms. The van der Waals surface area contributed by atoms with E-state index in [0.717, 1.165) is 19.0 Å². The number of carboxylic acids is 1. The molecule has 2 aliphatic heterocycles. The molecular formula is C22H28N6O5. The average molecular weight is 457 g/mol. The molecule has 0 unspecified atom stereocenters. The molecular weight excluding hydrogens is 428 g/mol. The molecule has 2 amide bonds. The normalized spacial score (nSPS) is 21.7. The molecule has 4 rings (SSSR count). The largest absolute Gasteiger partial charge is 0.481 e. The minimum Gasteiger partial charge on any atom is -0.481 e. The fourth-order valence-electron chi connectivity index (χ4n) is 4.48. The Morgan fingerprint density at radius 1 is 1.27 bits per heavy atom. The zero-order valence-electron chi connectivity index (χ0n) is 18.5. The van der Waals surface area contributed by atoms with Crippen LogP contribution in [-0.4, -0.2) is 68.0 Å². The third-order valence-electron chi connectivity index (χ3n) is 5.77. The fraction of sp³-hybridized carbons (Fsp3) is 0.455. The van der Waals surface area contributed by atoms with E-state index < -0.39 is 12.0 Å². The maximum Gasteiger partial charge on any atom is 0.300 e. The molecule has 4 heterocycles. The lowest BCUT2D eigenvalue weighted by atomic mass is 9.78. The van der Waals surface area contributed by atoms with Gasteiger partial charge in [0.05, 0.1) is 18.3 Å². The van der Waals surface area contributed by atoms with Gasteiger partial charge in [0.25, 0.3) is 17.4 Å². The highest BCUT2D eigenvalue weighted by Crippen LogP contribution is 2.40. The van der Waals surface area contributed by atoms with Crippen LogP contribution in [0.1, 0.15) is 48.4 Å². The number of piperidine rings is 1. The van der Waals surface area contributed by atoms with Crippen molar-refractivity contribution in [1.29, 1.82) is 0 Å². The van der Waals surface area contributed by atoms with Gasteiger partial charge in [-0.2, -0.15) is 0 Å². The van der Waals surface area contributed by atoms with E-state index in [0.29, 0.717) is 13.1 Å². The lowest BCUT2D eigenvalue weighted by Gasteiger charge is -2.47. The number of hydrogen-bond donors (Lipinski definition) is 3. The van der Waals surface area contributed by atoms with Crippen molar-refractivity contribution in [2.24, 2.45) is 11.7 Å². The Kier molecular flexibility index (Phi) is 7.54. The van der Waals surface area contributed by atoms with Crippen LogP contribution in [0.3, 0.4) is 0 Å². The Hall–Kier alpha value is -3.60. The molecule has 4 atom stereocenters. The summed E-state index contributed by atoms with van der Waals surface area (Å²) in [5.41, 5.74) is 6.84. The number of nitrogens with one attached hydrogen (secondary N) is 1. The highest BCUT2D eigenvalue weighted by Gasteiger charge is 2.42. The van der Waals surface area contributed by atoms with Gasteiger partial charge < -0.3 is 25.6 Å². The minimum atomic E-state index is -0.833. The Morgan fingerprint density at radius 3 is 2.64 bits per heavy atom. The van der Waals surface area contributed by atoms with Crippen molar-refractivity contribution in [3.8, 4) is 0 Å². The first-order valence-corrected chi connectivity index (χ1v) is 10.7. The number of rotatable bonds is 4. The highest BCUT2D eigenvalue weighted by molar-refractivity contribution is 5.91. The first-order chi connectivity index (χ1) is 15.7. The van der Waals surface area contributed by atoms with E-state index in [9.17, 15) is 14.4 Å². The second-order valence-electron chi connectivity index (χ2n) is 8.27. The molecule has 2 bridgehead atoms. The molecule has 0 aromatic carbocycles. The number of carbonyl (C=O) groups is 3. The summed E-state index contributed by atoms with van der Waals surface area (Å²) >= 11 is 0. The summed E-state index contributed by atoms with van der Waals surface area (Å²) in [6.07, 6.45) is 5.21. The summed E-state index contributed by atoms with van der Waals surface area (Å²) in [5.74, 6) is -1.14. The number of pyridine rings is 1. The van der Waals surface area contributed by atoms with Crippen molar-refractivity contribution in [2.45, 2.75) is 38.3 Å². The third-order valence-corrected chi connectivity index (χ3v) is 5.77. The Bertz CT molecular complexity index is 1070. The standard InChI is InChI=1S/C20H24N6O3.C2H4O2/c1-12(21)20(29)25-10-13-7-14(11-25)17(26-16(13)3-2-4-18(26)27)9-24-19(28)15-8-22-5-6-23-15;1-2(3)4/h2-6,8,12-14,17H,7,9-11,21H2,1H3,(H,24,28);1H3,(H,3,4)/t12-,13-,14+,17+;/m1./s1. The van der Waals surface area contributed by atoms with Crippen LogP contribution in [0.25, 0.3) is 0 Å². The van der Waals surface area contributed by atoms with Crippen molar-refractivity contribution >= 4 is 17.8 Å². The molecule has 0 aliphatic carbocycles. The van der Waals surface area contributed by atoms with Crippen molar-refractivity contribution in [1.82, 2.24) is 24.8 Å². The van der Waals surface area contributed by atoms with Crippen LogP contribution < -0.4 is 16.6 Å². The number of carbonyl (C=O) groups excluding carboxylic acids is 2. The molecule has 4 N–H and O–H groups in total. The van der Waals surface area contributed by atoms with Gasteiger partial charge in [-0.3, -0.25) is 24.2 Å². The maximum absolute atomic E-state index is 12.7. The van der Waals surface area contributed by atoms with Gasteiger partial charge in [-0.25, -0.2) is 4.98 Å². The van der Waals surface area contributed by atoms with E-state index in [1.54, 1.807) is 22.5 Å². The molecule has 1 fully saturated rings. The van der Waals surface area contributed by atoms with Crippen molar-refractivity contribution in [3.63, 3.8) is 0 Å². The summed E-state index contributed by atoms with van der Waals surface area (Å²) in [7, 11) is 0. The van der Waals surface area contributed by atoms with Crippen LogP contribution in [0, 0.1) is 5.92 Å². The number of likely N-dealkylation sites (tertiary alicyclic amines) is 1. The first kappa shape index (κ1) is 24.1. The number of nitrogens with two attached hydrogens (primary N) is 1. The van der Waals surface area contributed by atoms with Crippen molar-refractivity contribution in [3.05, 3.63) is 58.5 Å².